The number of methoxy groups -OCH3 is 1. The molecule has 27 heavy (non-hydrogen) atoms. The number of hydrogen-bond donors (Lipinski definition) is 2. The highest BCUT2D eigenvalue weighted by molar-refractivity contribution is 5.84. The molecule has 0 atom stereocenters. The number of benzene rings is 1. The second kappa shape index (κ2) is 7.53. The lowest BCUT2D eigenvalue weighted by atomic mass is 9.49. The molecule has 0 unspecified atom stereocenters. The van der Waals surface area contributed by atoms with Crippen molar-refractivity contribution >= 4 is 11.8 Å². The second-order valence-corrected chi connectivity index (χ2v) is 9.00. The van der Waals surface area contributed by atoms with Gasteiger partial charge in [0.2, 0.25) is 11.8 Å². The Labute approximate surface area is 161 Å². The molecule has 5 rings (SSSR count). The van der Waals surface area contributed by atoms with Crippen LogP contribution in [0.5, 0.6) is 5.75 Å². The molecule has 0 aromatic heterocycles. The molecule has 0 heterocycles. The van der Waals surface area contributed by atoms with E-state index < -0.39 is 0 Å². The third-order valence-corrected chi connectivity index (χ3v) is 6.80. The molecule has 4 fully saturated rings. The van der Waals surface area contributed by atoms with E-state index in [0.29, 0.717) is 13.0 Å². The summed E-state index contributed by atoms with van der Waals surface area (Å²) in [6.07, 6.45) is 8.41. The maximum atomic E-state index is 12.5. The van der Waals surface area contributed by atoms with Crippen LogP contribution in [0.15, 0.2) is 24.3 Å². The van der Waals surface area contributed by atoms with Gasteiger partial charge in [-0.15, -0.1) is 0 Å². The molecule has 0 aliphatic heterocycles. The van der Waals surface area contributed by atoms with Crippen molar-refractivity contribution in [1.82, 2.24) is 10.6 Å². The monoisotopic (exact) mass is 370 g/mol. The number of rotatable bonds is 7. The molecule has 0 radical (unpaired) electrons. The van der Waals surface area contributed by atoms with Gasteiger partial charge in [-0.2, -0.15) is 0 Å². The SMILES string of the molecule is COc1ccc(CNC(=O)CNC(=O)CC23CC4CC(CC(C4)C2)C3)cc1. The van der Waals surface area contributed by atoms with Gasteiger partial charge in [-0.1, -0.05) is 12.1 Å². The Hall–Kier alpha value is -2.04. The molecule has 5 nitrogen and oxygen atoms in total. The van der Waals surface area contributed by atoms with Gasteiger partial charge in [0, 0.05) is 13.0 Å². The fraction of sp³-hybridized carbons (Fsp3) is 0.636. The van der Waals surface area contributed by atoms with Crippen molar-refractivity contribution < 1.29 is 14.3 Å². The molecule has 2 amide bonds. The van der Waals surface area contributed by atoms with Gasteiger partial charge in [0.15, 0.2) is 0 Å². The normalized spacial score (nSPS) is 30.8. The number of carbonyl (C=O) groups excluding carboxylic acids is 2. The molecule has 5 heteroatoms. The molecule has 1 aromatic carbocycles. The minimum Gasteiger partial charge on any atom is -0.497 e. The van der Waals surface area contributed by atoms with Crippen molar-refractivity contribution in [1.29, 1.82) is 0 Å². The van der Waals surface area contributed by atoms with E-state index >= 15 is 0 Å². The molecule has 4 aliphatic carbocycles. The summed E-state index contributed by atoms with van der Waals surface area (Å²) >= 11 is 0. The summed E-state index contributed by atoms with van der Waals surface area (Å²) in [6.45, 7) is 0.509. The Balaban J connectivity index is 1.20. The van der Waals surface area contributed by atoms with E-state index in [-0.39, 0.29) is 23.8 Å². The fourth-order valence-corrected chi connectivity index (χ4v) is 6.10. The van der Waals surface area contributed by atoms with E-state index in [1.165, 1.54) is 38.5 Å². The first kappa shape index (κ1) is 18.3. The van der Waals surface area contributed by atoms with Crippen molar-refractivity contribution in [2.75, 3.05) is 13.7 Å². The Morgan fingerprint density at radius 3 is 2.11 bits per heavy atom. The van der Waals surface area contributed by atoms with Crippen molar-refractivity contribution in [3.05, 3.63) is 29.8 Å². The highest BCUT2D eigenvalue weighted by atomic mass is 16.5. The minimum absolute atomic E-state index is 0.0385. The third kappa shape index (κ3) is 4.28. The lowest BCUT2D eigenvalue weighted by molar-refractivity contribution is -0.131. The molecular formula is C22H30N2O3. The molecule has 1 aromatic rings. The van der Waals surface area contributed by atoms with Gasteiger partial charge in [-0.3, -0.25) is 9.59 Å². The van der Waals surface area contributed by atoms with Crippen LogP contribution in [-0.2, 0) is 16.1 Å². The summed E-state index contributed by atoms with van der Waals surface area (Å²) in [5.41, 5.74) is 1.22. The standard InChI is InChI=1S/C22H30N2O3/c1-27-19-4-2-15(3-5-19)13-23-21(26)14-24-20(25)12-22-9-16-6-17(10-22)8-18(7-16)11-22/h2-5,16-18H,6-14H2,1H3,(H,23,26)(H,24,25). The average molecular weight is 370 g/mol. The van der Waals surface area contributed by atoms with Crippen LogP contribution in [0.3, 0.4) is 0 Å². The number of carbonyl (C=O) groups is 2. The topological polar surface area (TPSA) is 67.4 Å². The molecule has 4 bridgehead atoms. The molecule has 4 saturated carbocycles. The number of hydrogen-bond acceptors (Lipinski definition) is 3. The zero-order chi connectivity index (χ0) is 18.9. The minimum atomic E-state index is -0.148. The largest absolute Gasteiger partial charge is 0.497 e. The van der Waals surface area contributed by atoms with E-state index in [9.17, 15) is 9.59 Å². The molecular weight excluding hydrogens is 340 g/mol. The lowest BCUT2D eigenvalue weighted by Gasteiger charge is -2.56. The second-order valence-electron chi connectivity index (χ2n) is 9.00. The Bertz CT molecular complexity index is 663. The first-order chi connectivity index (χ1) is 13.0. The maximum absolute atomic E-state index is 12.5. The predicted octanol–water partition coefficient (Wildman–Crippen LogP) is 3.03. The zero-order valence-corrected chi connectivity index (χ0v) is 16.1. The van der Waals surface area contributed by atoms with Crippen molar-refractivity contribution in [3.8, 4) is 5.75 Å². The number of amides is 2. The van der Waals surface area contributed by atoms with Gasteiger partial charge in [-0.05, 0) is 79.4 Å². The Morgan fingerprint density at radius 2 is 1.56 bits per heavy atom. The van der Waals surface area contributed by atoms with E-state index in [2.05, 4.69) is 10.6 Å². The smallest absolute Gasteiger partial charge is 0.239 e. The Morgan fingerprint density at radius 1 is 0.963 bits per heavy atom. The quantitative estimate of drug-likeness (QED) is 0.775. The van der Waals surface area contributed by atoms with Gasteiger partial charge >= 0.3 is 0 Å². The van der Waals surface area contributed by atoms with Gasteiger partial charge in [-0.25, -0.2) is 0 Å². The first-order valence-corrected chi connectivity index (χ1v) is 10.2. The van der Waals surface area contributed by atoms with Crippen LogP contribution in [0.2, 0.25) is 0 Å². The fourth-order valence-electron chi connectivity index (χ4n) is 6.10. The molecule has 0 spiro atoms. The van der Waals surface area contributed by atoms with Gasteiger partial charge in [0.05, 0.1) is 13.7 Å². The van der Waals surface area contributed by atoms with Crippen LogP contribution in [-0.4, -0.2) is 25.5 Å². The first-order valence-electron chi connectivity index (χ1n) is 10.2. The maximum Gasteiger partial charge on any atom is 0.239 e. The van der Waals surface area contributed by atoms with Crippen LogP contribution < -0.4 is 15.4 Å². The summed E-state index contributed by atoms with van der Waals surface area (Å²) in [5, 5.41) is 5.70. The van der Waals surface area contributed by atoms with Gasteiger partial charge in [0.25, 0.3) is 0 Å². The van der Waals surface area contributed by atoms with Crippen LogP contribution >= 0.6 is 0 Å². The van der Waals surface area contributed by atoms with Crippen LogP contribution in [0.25, 0.3) is 0 Å². The lowest BCUT2D eigenvalue weighted by Crippen LogP contribution is -2.48. The van der Waals surface area contributed by atoms with Crippen LogP contribution in [0.4, 0.5) is 0 Å². The predicted molar refractivity (Wildman–Crippen MR) is 103 cm³/mol. The van der Waals surface area contributed by atoms with Gasteiger partial charge < -0.3 is 15.4 Å². The van der Waals surface area contributed by atoms with E-state index in [1.54, 1.807) is 7.11 Å². The zero-order valence-electron chi connectivity index (χ0n) is 16.1. The molecule has 0 saturated heterocycles. The summed E-state index contributed by atoms with van der Waals surface area (Å²) in [4.78, 5) is 24.5. The molecule has 146 valence electrons. The summed E-state index contributed by atoms with van der Waals surface area (Å²) < 4.78 is 5.12. The number of nitrogens with one attached hydrogen (secondary N) is 2. The van der Waals surface area contributed by atoms with Crippen molar-refractivity contribution in [2.45, 2.75) is 51.5 Å². The van der Waals surface area contributed by atoms with Crippen LogP contribution in [0.1, 0.15) is 50.5 Å². The highest BCUT2D eigenvalue weighted by Gasteiger charge is 2.51. The molecule has 2 N–H and O–H groups in total. The number of ether oxygens (including phenoxy) is 1. The average Bonchev–Trinajstić information content (AvgIpc) is 2.63. The summed E-state index contributed by atoms with van der Waals surface area (Å²) in [5.74, 6) is 3.22. The summed E-state index contributed by atoms with van der Waals surface area (Å²) in [7, 11) is 1.63. The third-order valence-electron chi connectivity index (χ3n) is 6.80. The van der Waals surface area contributed by atoms with Crippen molar-refractivity contribution in [3.63, 3.8) is 0 Å². The Kier molecular flexibility index (Phi) is 5.11. The summed E-state index contributed by atoms with van der Waals surface area (Å²) in [6, 6.07) is 7.58. The van der Waals surface area contributed by atoms with Crippen molar-refractivity contribution in [2.24, 2.45) is 23.2 Å². The van der Waals surface area contributed by atoms with E-state index in [1.807, 2.05) is 24.3 Å². The van der Waals surface area contributed by atoms with E-state index in [4.69, 9.17) is 4.74 Å². The highest BCUT2D eigenvalue weighted by Crippen LogP contribution is 2.61. The van der Waals surface area contributed by atoms with E-state index in [0.717, 1.165) is 29.1 Å². The van der Waals surface area contributed by atoms with Gasteiger partial charge in [0.1, 0.15) is 5.75 Å². The molecule has 4 aliphatic rings. The van der Waals surface area contributed by atoms with Crippen LogP contribution in [0, 0.1) is 23.2 Å².